The molecule has 0 unspecified atom stereocenters. The Bertz CT molecular complexity index is 887. The molecule has 2 heterocycles. The van der Waals surface area contributed by atoms with Gasteiger partial charge in [0.25, 0.3) is 0 Å². The molecule has 0 bridgehead atoms. The highest BCUT2D eigenvalue weighted by molar-refractivity contribution is 6.31. The van der Waals surface area contributed by atoms with Crippen molar-refractivity contribution in [3.8, 4) is 0 Å². The van der Waals surface area contributed by atoms with Crippen LogP contribution in [0.1, 0.15) is 25.3 Å². The Morgan fingerprint density at radius 3 is 2.72 bits per heavy atom. The van der Waals surface area contributed by atoms with E-state index in [0.717, 1.165) is 5.56 Å². The van der Waals surface area contributed by atoms with Crippen molar-refractivity contribution < 1.29 is 14.5 Å². The average Bonchev–Trinajstić information content (AvgIpc) is 2.73. The molecule has 1 aliphatic rings. The monoisotopic (exact) mass is 419 g/mol. The number of nitrogens with one attached hydrogen (secondary N) is 1. The number of anilines is 2. The fraction of sp³-hybridized carbons (Fsp3) is 0.421. The van der Waals surface area contributed by atoms with E-state index in [1.165, 1.54) is 6.33 Å². The van der Waals surface area contributed by atoms with Crippen molar-refractivity contribution in [2.24, 2.45) is 5.92 Å². The molecular formula is C19H22ClN5O4. The van der Waals surface area contributed by atoms with Gasteiger partial charge in [-0.1, -0.05) is 29.8 Å². The third kappa shape index (κ3) is 4.92. The van der Waals surface area contributed by atoms with E-state index in [4.69, 9.17) is 16.3 Å². The Morgan fingerprint density at radius 2 is 2.07 bits per heavy atom. The van der Waals surface area contributed by atoms with Gasteiger partial charge in [0, 0.05) is 24.7 Å². The number of ether oxygens (including phenoxy) is 1. The van der Waals surface area contributed by atoms with Gasteiger partial charge in [-0.05, 0) is 31.4 Å². The van der Waals surface area contributed by atoms with Crippen LogP contribution in [0.25, 0.3) is 0 Å². The lowest BCUT2D eigenvalue weighted by atomic mass is 9.97. The Morgan fingerprint density at radius 1 is 1.34 bits per heavy atom. The van der Waals surface area contributed by atoms with E-state index in [1.54, 1.807) is 13.0 Å². The number of nitro groups is 1. The van der Waals surface area contributed by atoms with Crippen LogP contribution in [-0.4, -0.2) is 40.6 Å². The van der Waals surface area contributed by atoms with Crippen LogP contribution < -0.4 is 10.2 Å². The van der Waals surface area contributed by atoms with Crippen LogP contribution in [0.5, 0.6) is 0 Å². The summed E-state index contributed by atoms with van der Waals surface area (Å²) in [5, 5.41) is 15.3. The Kier molecular flexibility index (Phi) is 6.82. The Labute approximate surface area is 173 Å². The number of nitrogens with zero attached hydrogens (tertiary/aromatic N) is 4. The number of piperidine rings is 1. The van der Waals surface area contributed by atoms with Crippen molar-refractivity contribution in [2.45, 2.75) is 26.3 Å². The van der Waals surface area contributed by atoms with Gasteiger partial charge in [0.05, 0.1) is 17.4 Å². The van der Waals surface area contributed by atoms with Gasteiger partial charge in [0.15, 0.2) is 0 Å². The molecule has 1 aromatic carbocycles. The number of aromatic nitrogens is 2. The quantitative estimate of drug-likeness (QED) is 0.413. The molecule has 1 saturated heterocycles. The van der Waals surface area contributed by atoms with Gasteiger partial charge in [0.1, 0.15) is 6.33 Å². The summed E-state index contributed by atoms with van der Waals surface area (Å²) < 4.78 is 5.07. The SMILES string of the molecule is CCOC(=O)C1CCN(c2ncnc(NCc3ccccc3Cl)c2[N+](=O)[O-])CC1. The summed E-state index contributed by atoms with van der Waals surface area (Å²) in [6.45, 7) is 3.36. The van der Waals surface area contributed by atoms with Crippen LogP contribution in [0.4, 0.5) is 17.3 Å². The predicted octanol–water partition coefficient (Wildman–Crippen LogP) is 3.43. The van der Waals surface area contributed by atoms with E-state index >= 15 is 0 Å². The van der Waals surface area contributed by atoms with E-state index in [2.05, 4.69) is 15.3 Å². The summed E-state index contributed by atoms with van der Waals surface area (Å²) in [6.07, 6.45) is 2.42. The topological polar surface area (TPSA) is 110 Å². The number of halogens is 1. The lowest BCUT2D eigenvalue weighted by molar-refractivity contribution is -0.383. The molecule has 0 atom stereocenters. The number of carbonyl (C=O) groups is 1. The van der Waals surface area contributed by atoms with E-state index < -0.39 is 4.92 Å². The van der Waals surface area contributed by atoms with Gasteiger partial charge in [-0.3, -0.25) is 14.9 Å². The zero-order valence-corrected chi connectivity index (χ0v) is 16.8. The third-order valence-corrected chi connectivity index (χ3v) is 5.17. The normalized spacial score (nSPS) is 14.5. The summed E-state index contributed by atoms with van der Waals surface area (Å²) in [7, 11) is 0. The van der Waals surface area contributed by atoms with Gasteiger partial charge in [-0.2, -0.15) is 0 Å². The maximum atomic E-state index is 11.9. The third-order valence-electron chi connectivity index (χ3n) is 4.80. The van der Waals surface area contributed by atoms with E-state index in [-0.39, 0.29) is 29.2 Å². The first-order valence-corrected chi connectivity index (χ1v) is 9.77. The van der Waals surface area contributed by atoms with Crippen molar-refractivity contribution in [3.05, 3.63) is 51.3 Å². The molecule has 2 aromatic rings. The highest BCUT2D eigenvalue weighted by Gasteiger charge is 2.32. The van der Waals surface area contributed by atoms with Crippen LogP contribution in [0.15, 0.2) is 30.6 Å². The van der Waals surface area contributed by atoms with Gasteiger partial charge >= 0.3 is 11.7 Å². The molecule has 0 radical (unpaired) electrons. The fourth-order valence-electron chi connectivity index (χ4n) is 3.31. The molecule has 10 heteroatoms. The first kappa shape index (κ1) is 20.8. The Hall–Kier alpha value is -2.94. The molecule has 1 aromatic heterocycles. The van der Waals surface area contributed by atoms with E-state index in [1.807, 2.05) is 23.1 Å². The molecule has 1 fully saturated rings. The lowest BCUT2D eigenvalue weighted by Gasteiger charge is -2.31. The van der Waals surface area contributed by atoms with E-state index in [0.29, 0.717) is 44.1 Å². The van der Waals surface area contributed by atoms with Gasteiger partial charge < -0.3 is 15.0 Å². The van der Waals surface area contributed by atoms with Crippen molar-refractivity contribution in [2.75, 3.05) is 29.9 Å². The molecule has 1 N–H and O–H groups in total. The maximum absolute atomic E-state index is 11.9. The fourth-order valence-corrected chi connectivity index (χ4v) is 3.51. The highest BCUT2D eigenvalue weighted by atomic mass is 35.5. The number of rotatable bonds is 7. The second-order valence-corrected chi connectivity index (χ2v) is 7.02. The maximum Gasteiger partial charge on any atom is 0.353 e. The molecule has 0 saturated carbocycles. The molecule has 0 amide bonds. The summed E-state index contributed by atoms with van der Waals surface area (Å²) in [5.41, 5.74) is 0.619. The Balaban J connectivity index is 1.76. The molecule has 9 nitrogen and oxygen atoms in total. The molecule has 0 aliphatic carbocycles. The smallest absolute Gasteiger partial charge is 0.353 e. The van der Waals surface area contributed by atoms with Crippen LogP contribution in [0, 0.1) is 16.0 Å². The van der Waals surface area contributed by atoms with Crippen LogP contribution >= 0.6 is 11.6 Å². The summed E-state index contributed by atoms with van der Waals surface area (Å²) >= 11 is 6.15. The first-order chi connectivity index (χ1) is 14.0. The molecule has 1 aliphatic heterocycles. The van der Waals surface area contributed by atoms with Gasteiger partial charge in [-0.25, -0.2) is 9.97 Å². The van der Waals surface area contributed by atoms with Crippen LogP contribution in [0.3, 0.4) is 0 Å². The van der Waals surface area contributed by atoms with Crippen LogP contribution in [-0.2, 0) is 16.1 Å². The first-order valence-electron chi connectivity index (χ1n) is 9.39. The minimum atomic E-state index is -0.484. The number of hydrogen-bond acceptors (Lipinski definition) is 8. The molecule has 0 spiro atoms. The second kappa shape index (κ2) is 9.51. The zero-order valence-electron chi connectivity index (χ0n) is 16.0. The standard InChI is InChI=1S/C19H22ClN5O4/c1-2-29-19(26)13-7-9-24(10-8-13)18-16(25(27)28)17(22-12-23-18)21-11-14-5-3-4-6-15(14)20/h3-6,12-13H,2,7-11H2,1H3,(H,21,22,23). The van der Waals surface area contributed by atoms with Crippen molar-refractivity contribution in [3.63, 3.8) is 0 Å². The lowest BCUT2D eigenvalue weighted by Crippen LogP contribution is -2.37. The molecule has 29 heavy (non-hydrogen) atoms. The number of carbonyl (C=O) groups excluding carboxylic acids is 1. The van der Waals surface area contributed by atoms with Gasteiger partial charge in [0.2, 0.25) is 11.6 Å². The second-order valence-electron chi connectivity index (χ2n) is 6.61. The van der Waals surface area contributed by atoms with Gasteiger partial charge in [-0.15, -0.1) is 0 Å². The van der Waals surface area contributed by atoms with E-state index in [9.17, 15) is 14.9 Å². The average molecular weight is 420 g/mol. The zero-order chi connectivity index (χ0) is 20.8. The highest BCUT2D eigenvalue weighted by Crippen LogP contribution is 2.34. The molecule has 3 rings (SSSR count). The summed E-state index contributed by atoms with van der Waals surface area (Å²) in [6, 6.07) is 7.25. The summed E-state index contributed by atoms with van der Waals surface area (Å²) in [4.78, 5) is 33.2. The number of benzene rings is 1. The predicted molar refractivity (Wildman–Crippen MR) is 109 cm³/mol. The minimum Gasteiger partial charge on any atom is -0.466 e. The summed E-state index contributed by atoms with van der Waals surface area (Å²) in [5.74, 6) is -0.0299. The van der Waals surface area contributed by atoms with Crippen molar-refractivity contribution in [1.82, 2.24) is 9.97 Å². The number of esters is 1. The largest absolute Gasteiger partial charge is 0.466 e. The molecule has 154 valence electrons. The number of hydrogen-bond donors (Lipinski definition) is 1. The van der Waals surface area contributed by atoms with Crippen molar-refractivity contribution >= 4 is 34.9 Å². The van der Waals surface area contributed by atoms with Crippen LogP contribution in [0.2, 0.25) is 5.02 Å². The van der Waals surface area contributed by atoms with Crippen molar-refractivity contribution in [1.29, 1.82) is 0 Å². The minimum absolute atomic E-state index is 0.132. The molecular weight excluding hydrogens is 398 g/mol.